The van der Waals surface area contributed by atoms with Crippen LogP contribution in [0.4, 0.5) is 0 Å². The van der Waals surface area contributed by atoms with Crippen LogP contribution in [0.15, 0.2) is 42.5 Å². The van der Waals surface area contributed by atoms with E-state index < -0.39 is 0 Å². The van der Waals surface area contributed by atoms with Gasteiger partial charge in [0.15, 0.2) is 0 Å². The summed E-state index contributed by atoms with van der Waals surface area (Å²) in [6, 6.07) is 15.9. The summed E-state index contributed by atoms with van der Waals surface area (Å²) in [4.78, 5) is 1.40. The van der Waals surface area contributed by atoms with Crippen LogP contribution in [0.25, 0.3) is 10.1 Å². The van der Waals surface area contributed by atoms with Gasteiger partial charge in [-0.05, 0) is 85.2 Å². The van der Waals surface area contributed by atoms with E-state index in [0.717, 1.165) is 88.7 Å². The predicted molar refractivity (Wildman–Crippen MR) is 191 cm³/mol. The van der Waals surface area contributed by atoms with E-state index in [1.54, 1.807) is 0 Å². The first kappa shape index (κ1) is 35.3. The van der Waals surface area contributed by atoms with E-state index in [-0.39, 0.29) is 24.4 Å². The number of benzene rings is 2. The maximum Gasteiger partial charge on any atom is 0.125 e. The summed E-state index contributed by atoms with van der Waals surface area (Å²) in [7, 11) is 0. The molecule has 2 aliphatic rings. The Kier molecular flexibility index (Phi) is 14.3. The molecule has 3 aromatic rings. The van der Waals surface area contributed by atoms with E-state index in [9.17, 15) is 0 Å². The van der Waals surface area contributed by atoms with Crippen molar-refractivity contribution < 1.29 is 23.7 Å². The van der Waals surface area contributed by atoms with Crippen molar-refractivity contribution in [3.63, 3.8) is 0 Å². The molecule has 0 radical (unpaired) electrons. The summed E-state index contributed by atoms with van der Waals surface area (Å²) < 4.78 is 34.6. The van der Waals surface area contributed by atoms with E-state index in [0.29, 0.717) is 25.7 Å². The molecule has 2 heterocycles. The van der Waals surface area contributed by atoms with Crippen molar-refractivity contribution in [3.8, 4) is 5.75 Å². The number of hydrogen-bond donors (Lipinski definition) is 0. The number of rotatable bonds is 21. The Bertz CT molecular complexity index is 1280. The largest absolute Gasteiger partial charge is 0.493 e. The Balaban J connectivity index is 1.53. The zero-order valence-electron chi connectivity index (χ0n) is 28.9. The van der Waals surface area contributed by atoms with E-state index in [4.69, 9.17) is 23.7 Å². The van der Waals surface area contributed by atoms with Crippen LogP contribution in [-0.2, 0) is 25.4 Å². The zero-order chi connectivity index (χ0) is 32.1. The van der Waals surface area contributed by atoms with Crippen LogP contribution in [0.1, 0.15) is 132 Å². The number of ether oxygens (including phenoxy) is 5. The fourth-order valence-electron chi connectivity index (χ4n) is 6.42. The second-order valence-corrected chi connectivity index (χ2v) is 14.5. The van der Waals surface area contributed by atoms with Gasteiger partial charge in [0, 0.05) is 47.8 Å². The summed E-state index contributed by atoms with van der Waals surface area (Å²) in [6.07, 6.45) is 12.2. The van der Waals surface area contributed by atoms with Crippen molar-refractivity contribution >= 4 is 21.4 Å². The van der Waals surface area contributed by atoms with Gasteiger partial charge in [-0.2, -0.15) is 0 Å². The highest BCUT2D eigenvalue weighted by Gasteiger charge is 2.43. The van der Waals surface area contributed by atoms with Crippen LogP contribution < -0.4 is 4.74 Å². The van der Waals surface area contributed by atoms with Crippen LogP contribution >= 0.6 is 11.3 Å². The molecule has 0 bridgehead atoms. The van der Waals surface area contributed by atoms with Gasteiger partial charge in [0.05, 0.1) is 25.4 Å². The first-order valence-electron chi connectivity index (χ1n) is 18.4. The van der Waals surface area contributed by atoms with Crippen molar-refractivity contribution in [1.82, 2.24) is 0 Å². The topological polar surface area (TPSA) is 46.2 Å². The van der Waals surface area contributed by atoms with Crippen LogP contribution in [0.2, 0.25) is 0 Å². The summed E-state index contributed by atoms with van der Waals surface area (Å²) in [5.74, 6) is 1.57. The molecule has 1 aliphatic carbocycles. The monoisotopic (exact) mass is 650 g/mol. The molecule has 1 aromatic heterocycles. The number of thiophene rings is 1. The van der Waals surface area contributed by atoms with E-state index in [1.807, 2.05) is 11.3 Å². The quantitative estimate of drug-likeness (QED) is 0.107. The van der Waals surface area contributed by atoms with E-state index >= 15 is 0 Å². The molecule has 6 heteroatoms. The van der Waals surface area contributed by atoms with Crippen molar-refractivity contribution in [1.29, 1.82) is 0 Å². The summed E-state index contributed by atoms with van der Waals surface area (Å²) >= 11 is 1.91. The lowest BCUT2D eigenvalue weighted by Gasteiger charge is -2.42. The van der Waals surface area contributed by atoms with Crippen LogP contribution in [0, 0.1) is 0 Å². The van der Waals surface area contributed by atoms with Gasteiger partial charge in [0.1, 0.15) is 18.0 Å². The van der Waals surface area contributed by atoms with Crippen molar-refractivity contribution in [2.45, 2.75) is 135 Å². The third-order valence-electron chi connectivity index (χ3n) is 9.28. The normalized spacial score (nSPS) is 21.7. The molecule has 0 amide bonds. The summed E-state index contributed by atoms with van der Waals surface area (Å²) in [6.45, 7) is 12.3. The van der Waals surface area contributed by atoms with E-state index in [1.165, 1.54) is 38.9 Å². The third-order valence-corrected chi connectivity index (χ3v) is 10.4. The second kappa shape index (κ2) is 18.5. The molecule has 1 aliphatic heterocycles. The molecule has 0 N–H and O–H groups in total. The SMILES string of the molecule is CCCCOC[C@@H]1C[C@H](OCCCC)[C@H](OCCCC)[C@H](c2cc(Cc3cc4ccccc4s3)c(C3CC3)cc2OCCCC)O1. The zero-order valence-corrected chi connectivity index (χ0v) is 29.7. The minimum Gasteiger partial charge on any atom is -0.493 e. The summed E-state index contributed by atoms with van der Waals surface area (Å²) in [5.41, 5.74) is 3.95. The minimum atomic E-state index is -0.289. The fourth-order valence-corrected chi connectivity index (χ4v) is 7.51. The predicted octanol–water partition coefficient (Wildman–Crippen LogP) is 10.6. The van der Waals surface area contributed by atoms with Gasteiger partial charge in [-0.3, -0.25) is 0 Å². The van der Waals surface area contributed by atoms with E-state index in [2.05, 4.69) is 70.2 Å². The molecule has 1 saturated heterocycles. The molecular weight excluding hydrogens is 593 g/mol. The molecule has 5 nitrogen and oxygen atoms in total. The second-order valence-electron chi connectivity index (χ2n) is 13.3. The van der Waals surface area contributed by atoms with Crippen molar-refractivity contribution in [2.24, 2.45) is 0 Å². The lowest BCUT2D eigenvalue weighted by Crippen LogP contribution is -2.48. The van der Waals surface area contributed by atoms with Crippen molar-refractivity contribution in [2.75, 3.05) is 33.0 Å². The molecule has 4 atom stereocenters. The molecule has 0 spiro atoms. The molecule has 2 fully saturated rings. The van der Waals surface area contributed by atoms with Gasteiger partial charge in [0.25, 0.3) is 0 Å². The first-order chi connectivity index (χ1) is 22.6. The maximum atomic E-state index is 7.04. The smallest absolute Gasteiger partial charge is 0.125 e. The Hall–Kier alpha value is -1.96. The molecule has 254 valence electrons. The third kappa shape index (κ3) is 9.79. The Morgan fingerprint density at radius 1 is 0.783 bits per heavy atom. The first-order valence-corrected chi connectivity index (χ1v) is 19.2. The highest BCUT2D eigenvalue weighted by atomic mass is 32.1. The Labute approximate surface area is 282 Å². The molecule has 46 heavy (non-hydrogen) atoms. The lowest BCUT2D eigenvalue weighted by molar-refractivity contribution is -0.213. The lowest BCUT2D eigenvalue weighted by atomic mass is 9.88. The van der Waals surface area contributed by atoms with Crippen LogP contribution in [0.5, 0.6) is 5.75 Å². The van der Waals surface area contributed by atoms with Crippen LogP contribution in [0.3, 0.4) is 0 Å². The molecule has 0 unspecified atom stereocenters. The van der Waals surface area contributed by atoms with Gasteiger partial charge in [-0.1, -0.05) is 71.6 Å². The summed E-state index contributed by atoms with van der Waals surface area (Å²) in [5, 5.41) is 1.33. The van der Waals surface area contributed by atoms with Gasteiger partial charge in [0.2, 0.25) is 0 Å². The number of fused-ring (bicyclic) bond motifs is 1. The van der Waals surface area contributed by atoms with Gasteiger partial charge < -0.3 is 23.7 Å². The number of hydrogen-bond acceptors (Lipinski definition) is 6. The Morgan fingerprint density at radius 2 is 1.50 bits per heavy atom. The highest BCUT2D eigenvalue weighted by Crippen LogP contribution is 2.47. The molecule has 5 rings (SSSR count). The van der Waals surface area contributed by atoms with Crippen LogP contribution in [-0.4, -0.2) is 51.3 Å². The molecular formula is C40H58O5S. The molecule has 1 saturated carbocycles. The molecule has 2 aromatic carbocycles. The Morgan fingerprint density at radius 3 is 2.24 bits per heavy atom. The number of unbranched alkanes of at least 4 members (excludes halogenated alkanes) is 4. The minimum absolute atomic E-state index is 0.0559. The average molecular weight is 651 g/mol. The standard InChI is InChI=1S/C40H58O5S/c1-5-9-19-41-28-32-26-37(43-21-11-7-3)40(44-22-12-8-4)39(45-32)35-25-31(24-33-23-30-15-13-14-16-38(30)46-33)34(29-17-18-29)27-36(35)42-20-10-6-2/h13-16,23,25,27,29,32,37,39-40H,5-12,17-22,24,26,28H2,1-4H3/t32-,37-,39-,40-/m0/s1. The van der Waals surface area contributed by atoms with Gasteiger partial charge in [-0.15, -0.1) is 11.3 Å². The van der Waals surface area contributed by atoms with Gasteiger partial charge in [-0.25, -0.2) is 0 Å². The van der Waals surface area contributed by atoms with Crippen molar-refractivity contribution in [3.05, 3.63) is 64.0 Å². The fraction of sp³-hybridized carbons (Fsp3) is 0.650. The van der Waals surface area contributed by atoms with Gasteiger partial charge >= 0.3 is 0 Å². The maximum absolute atomic E-state index is 7.04. The highest BCUT2D eigenvalue weighted by molar-refractivity contribution is 7.19. The average Bonchev–Trinajstić information content (AvgIpc) is 3.83.